The number of hydrogen-bond acceptors (Lipinski definition) is 5. The van der Waals surface area contributed by atoms with E-state index in [1.54, 1.807) is 7.11 Å². The van der Waals surface area contributed by atoms with Gasteiger partial charge in [0.25, 0.3) is 0 Å². The lowest BCUT2D eigenvalue weighted by atomic mass is 9.84. The van der Waals surface area contributed by atoms with Crippen molar-refractivity contribution >= 4 is 17.4 Å². The number of Topliss-reactive ketones (excluding diaryl/α,β-unsaturated/α-hetero) is 1. The number of ketones is 1. The first-order chi connectivity index (χ1) is 13.0. The Morgan fingerprint density at radius 1 is 0.926 bits per heavy atom. The Kier molecular flexibility index (Phi) is 7.41. The van der Waals surface area contributed by atoms with Crippen LogP contribution in [0.15, 0.2) is 48.5 Å². The predicted octanol–water partition coefficient (Wildman–Crippen LogP) is 4.03. The number of carbonyl (C=O) groups is 2. The number of anilines is 1. The fourth-order valence-electron chi connectivity index (χ4n) is 3.21. The molecule has 2 rings (SSSR count). The summed E-state index contributed by atoms with van der Waals surface area (Å²) in [5.74, 6) is -0.512. The lowest BCUT2D eigenvalue weighted by Gasteiger charge is -2.21. The van der Waals surface area contributed by atoms with E-state index < -0.39 is 11.9 Å². The molecule has 0 saturated carbocycles. The van der Waals surface area contributed by atoms with Crippen LogP contribution in [0.4, 0.5) is 5.69 Å². The second-order valence-corrected chi connectivity index (χ2v) is 6.46. The van der Waals surface area contributed by atoms with Gasteiger partial charge >= 0.3 is 5.97 Å². The zero-order valence-electron chi connectivity index (χ0n) is 16.3. The Morgan fingerprint density at radius 2 is 1.48 bits per heavy atom. The van der Waals surface area contributed by atoms with Crippen LogP contribution in [0.3, 0.4) is 0 Å². The lowest BCUT2D eigenvalue weighted by Crippen LogP contribution is -2.24. The average molecular weight is 369 g/mol. The van der Waals surface area contributed by atoms with Gasteiger partial charge in [0.05, 0.1) is 14.2 Å². The summed E-state index contributed by atoms with van der Waals surface area (Å²) in [6.45, 7) is 1.44. The molecule has 2 aromatic rings. The maximum atomic E-state index is 11.9. The van der Waals surface area contributed by atoms with Gasteiger partial charge in [0.2, 0.25) is 0 Å². The van der Waals surface area contributed by atoms with Gasteiger partial charge in [-0.2, -0.15) is 0 Å². The van der Waals surface area contributed by atoms with Crippen LogP contribution < -0.4 is 10.1 Å². The number of methoxy groups -OCH3 is 2. The fourth-order valence-corrected chi connectivity index (χ4v) is 3.21. The molecule has 5 heteroatoms. The third kappa shape index (κ3) is 5.33. The van der Waals surface area contributed by atoms with Crippen LogP contribution in [-0.2, 0) is 14.3 Å². The maximum Gasteiger partial charge on any atom is 0.316 e. The third-order valence-corrected chi connectivity index (χ3v) is 4.84. The molecule has 0 spiro atoms. The van der Waals surface area contributed by atoms with Gasteiger partial charge in [-0.05, 0) is 55.2 Å². The van der Waals surface area contributed by atoms with Gasteiger partial charge < -0.3 is 14.8 Å². The molecule has 2 aromatic carbocycles. The molecule has 0 fully saturated rings. The monoisotopic (exact) mass is 369 g/mol. The second kappa shape index (κ2) is 9.76. The number of benzene rings is 2. The van der Waals surface area contributed by atoms with Crippen molar-refractivity contribution in [2.75, 3.05) is 26.6 Å². The minimum Gasteiger partial charge on any atom is -0.497 e. The van der Waals surface area contributed by atoms with E-state index in [2.05, 4.69) is 17.4 Å². The third-order valence-electron chi connectivity index (χ3n) is 4.84. The van der Waals surface area contributed by atoms with E-state index in [0.29, 0.717) is 12.8 Å². The summed E-state index contributed by atoms with van der Waals surface area (Å²) in [5.41, 5.74) is 3.27. The predicted molar refractivity (Wildman–Crippen MR) is 106 cm³/mol. The van der Waals surface area contributed by atoms with E-state index in [4.69, 9.17) is 9.47 Å². The zero-order chi connectivity index (χ0) is 19.8. The average Bonchev–Trinajstić information content (AvgIpc) is 2.71. The van der Waals surface area contributed by atoms with Crippen LogP contribution in [0.5, 0.6) is 5.75 Å². The number of hydrogen-bond donors (Lipinski definition) is 1. The molecule has 0 amide bonds. The summed E-state index contributed by atoms with van der Waals surface area (Å²) >= 11 is 0. The Bertz CT molecular complexity index is 705. The van der Waals surface area contributed by atoms with E-state index >= 15 is 0 Å². The van der Waals surface area contributed by atoms with Crippen LogP contribution in [0.2, 0.25) is 0 Å². The molecule has 5 nitrogen and oxygen atoms in total. The number of esters is 1. The van der Waals surface area contributed by atoms with Gasteiger partial charge in [-0.25, -0.2) is 0 Å². The molecule has 27 heavy (non-hydrogen) atoms. The van der Waals surface area contributed by atoms with Crippen molar-refractivity contribution in [2.24, 2.45) is 5.92 Å². The van der Waals surface area contributed by atoms with E-state index in [1.807, 2.05) is 43.4 Å². The molecule has 2 atom stereocenters. The molecule has 0 aromatic heterocycles. The van der Waals surface area contributed by atoms with Crippen molar-refractivity contribution in [1.82, 2.24) is 0 Å². The van der Waals surface area contributed by atoms with Gasteiger partial charge in [0.1, 0.15) is 17.5 Å². The second-order valence-electron chi connectivity index (χ2n) is 6.46. The first kappa shape index (κ1) is 20.5. The van der Waals surface area contributed by atoms with Crippen LogP contribution in [0.25, 0.3) is 0 Å². The summed E-state index contributed by atoms with van der Waals surface area (Å²) in [4.78, 5) is 23.8. The molecule has 0 aliphatic carbocycles. The van der Waals surface area contributed by atoms with Crippen LogP contribution >= 0.6 is 0 Å². The molecule has 0 saturated heterocycles. The fraction of sp³-hybridized carbons (Fsp3) is 0.364. The first-order valence-corrected chi connectivity index (χ1v) is 9.00. The number of carbonyl (C=O) groups excluding carboxylic acids is 2. The molecular formula is C22H27NO4. The number of nitrogens with one attached hydrogen (secondary N) is 1. The maximum absolute atomic E-state index is 11.9. The standard InChI is InChI=1S/C22H27NO4/c1-15(24)20(22(25)27-4)13-14-21(16-5-9-18(23-2)10-6-16)17-7-11-19(26-3)12-8-17/h5-12,20-21,23H,13-14H2,1-4H3. The van der Waals surface area contributed by atoms with Crippen molar-refractivity contribution < 1.29 is 19.1 Å². The van der Waals surface area contributed by atoms with E-state index in [1.165, 1.54) is 14.0 Å². The Morgan fingerprint density at radius 3 is 1.93 bits per heavy atom. The van der Waals surface area contributed by atoms with Gasteiger partial charge in [-0.15, -0.1) is 0 Å². The number of ether oxygens (including phenoxy) is 2. The van der Waals surface area contributed by atoms with Gasteiger partial charge in [0, 0.05) is 18.7 Å². The molecule has 0 bridgehead atoms. The molecular weight excluding hydrogens is 342 g/mol. The van der Waals surface area contributed by atoms with E-state index in [0.717, 1.165) is 22.6 Å². The SMILES string of the molecule is CNc1ccc(C(CCC(C(C)=O)C(=O)OC)c2ccc(OC)cc2)cc1. The first-order valence-electron chi connectivity index (χ1n) is 9.00. The number of rotatable bonds is 9. The van der Waals surface area contributed by atoms with Crippen LogP contribution in [0.1, 0.15) is 36.8 Å². The van der Waals surface area contributed by atoms with Gasteiger partial charge in [-0.1, -0.05) is 24.3 Å². The summed E-state index contributed by atoms with van der Waals surface area (Å²) in [5, 5.41) is 3.11. The van der Waals surface area contributed by atoms with Crippen LogP contribution in [0, 0.1) is 5.92 Å². The highest BCUT2D eigenvalue weighted by Gasteiger charge is 2.26. The van der Waals surface area contributed by atoms with Crippen molar-refractivity contribution in [3.63, 3.8) is 0 Å². The molecule has 0 aliphatic rings. The van der Waals surface area contributed by atoms with Crippen molar-refractivity contribution in [2.45, 2.75) is 25.7 Å². The summed E-state index contributed by atoms with van der Waals surface area (Å²) in [6.07, 6.45) is 1.09. The summed E-state index contributed by atoms with van der Waals surface area (Å²) in [6, 6.07) is 16.1. The quantitative estimate of drug-likeness (QED) is 0.534. The highest BCUT2D eigenvalue weighted by molar-refractivity contribution is 5.97. The summed E-state index contributed by atoms with van der Waals surface area (Å²) < 4.78 is 10.0. The Labute approximate surface area is 160 Å². The minimum absolute atomic E-state index is 0.0633. The largest absolute Gasteiger partial charge is 0.497 e. The molecule has 144 valence electrons. The highest BCUT2D eigenvalue weighted by Crippen LogP contribution is 2.32. The highest BCUT2D eigenvalue weighted by atomic mass is 16.5. The molecule has 0 aliphatic heterocycles. The van der Waals surface area contributed by atoms with Crippen molar-refractivity contribution in [3.8, 4) is 5.75 Å². The summed E-state index contributed by atoms with van der Waals surface area (Å²) in [7, 11) is 4.83. The zero-order valence-corrected chi connectivity index (χ0v) is 16.3. The molecule has 2 unspecified atom stereocenters. The van der Waals surface area contributed by atoms with E-state index in [-0.39, 0.29) is 11.7 Å². The van der Waals surface area contributed by atoms with E-state index in [9.17, 15) is 9.59 Å². The topological polar surface area (TPSA) is 64.6 Å². The molecule has 0 radical (unpaired) electrons. The van der Waals surface area contributed by atoms with Crippen molar-refractivity contribution in [3.05, 3.63) is 59.7 Å². The Balaban J connectivity index is 2.30. The van der Waals surface area contributed by atoms with Gasteiger partial charge in [0.15, 0.2) is 0 Å². The van der Waals surface area contributed by atoms with Crippen LogP contribution in [-0.4, -0.2) is 33.0 Å². The smallest absolute Gasteiger partial charge is 0.316 e. The molecule has 1 N–H and O–H groups in total. The van der Waals surface area contributed by atoms with Crippen molar-refractivity contribution in [1.29, 1.82) is 0 Å². The Hall–Kier alpha value is -2.82. The normalized spacial score (nSPS) is 12.7. The van der Waals surface area contributed by atoms with Gasteiger partial charge in [-0.3, -0.25) is 9.59 Å². The molecule has 0 heterocycles. The minimum atomic E-state index is -0.729. The lowest BCUT2D eigenvalue weighted by molar-refractivity contribution is -0.149.